The second-order valence-corrected chi connectivity index (χ2v) is 7.16. The molecule has 1 amide bonds. The molecule has 0 saturated carbocycles. The van der Waals surface area contributed by atoms with Crippen molar-refractivity contribution in [3.05, 3.63) is 65.5 Å². The average molecular weight is 321 g/mol. The quantitative estimate of drug-likeness (QED) is 0.753. The maximum Gasteiger partial charge on any atom is 0.251 e. The number of aromatic nitrogens is 2. The Hall–Kier alpha value is -2.62. The van der Waals surface area contributed by atoms with Crippen LogP contribution in [0.5, 0.6) is 0 Å². The first kappa shape index (κ1) is 16.2. The Labute approximate surface area is 142 Å². The minimum absolute atomic E-state index is 0.0799. The van der Waals surface area contributed by atoms with Gasteiger partial charge in [-0.3, -0.25) is 4.79 Å². The number of carbonyl (C=O) groups is 1. The molecule has 2 aromatic carbocycles. The molecule has 0 aliphatic heterocycles. The van der Waals surface area contributed by atoms with E-state index in [4.69, 9.17) is 0 Å². The predicted molar refractivity (Wildman–Crippen MR) is 97.1 cm³/mol. The van der Waals surface area contributed by atoms with Gasteiger partial charge in [-0.05, 0) is 42.2 Å². The van der Waals surface area contributed by atoms with Gasteiger partial charge in [-0.25, -0.2) is 4.98 Å². The zero-order valence-corrected chi connectivity index (χ0v) is 14.6. The third-order valence-electron chi connectivity index (χ3n) is 4.18. The summed E-state index contributed by atoms with van der Waals surface area (Å²) in [5, 5.41) is 3.00. The molecular weight excluding hydrogens is 298 g/mol. The molecule has 3 rings (SSSR count). The summed E-state index contributed by atoms with van der Waals surface area (Å²) >= 11 is 0. The molecule has 0 spiro atoms. The number of fused-ring (bicyclic) bond motifs is 1. The first-order chi connectivity index (χ1) is 11.3. The Balaban J connectivity index is 1.74. The van der Waals surface area contributed by atoms with Crippen molar-refractivity contribution in [3.63, 3.8) is 0 Å². The molecule has 1 atom stereocenters. The highest BCUT2D eigenvalue weighted by Gasteiger charge is 2.17. The highest BCUT2D eigenvalue weighted by Crippen LogP contribution is 2.22. The molecule has 4 heteroatoms. The van der Waals surface area contributed by atoms with Gasteiger partial charge in [0.15, 0.2) is 0 Å². The van der Waals surface area contributed by atoms with Gasteiger partial charge in [-0.2, -0.15) is 0 Å². The molecule has 24 heavy (non-hydrogen) atoms. The van der Waals surface area contributed by atoms with Crippen molar-refractivity contribution in [2.24, 2.45) is 0 Å². The number of rotatable bonds is 3. The van der Waals surface area contributed by atoms with E-state index in [0.29, 0.717) is 5.56 Å². The van der Waals surface area contributed by atoms with Crippen LogP contribution in [0, 0.1) is 0 Å². The lowest BCUT2D eigenvalue weighted by Gasteiger charge is -2.19. The molecule has 0 bridgehead atoms. The Morgan fingerprint density at radius 2 is 1.75 bits per heavy atom. The molecule has 0 aliphatic carbocycles. The molecule has 2 N–H and O–H groups in total. The van der Waals surface area contributed by atoms with Crippen molar-refractivity contribution in [3.8, 4) is 0 Å². The fraction of sp³-hybridized carbons (Fsp3) is 0.300. The summed E-state index contributed by atoms with van der Waals surface area (Å²) < 4.78 is 0. The number of aromatic amines is 1. The third-order valence-corrected chi connectivity index (χ3v) is 4.18. The number of imidazole rings is 1. The van der Waals surface area contributed by atoms with Crippen LogP contribution in [0.25, 0.3) is 11.0 Å². The highest BCUT2D eigenvalue weighted by atomic mass is 16.1. The van der Waals surface area contributed by atoms with E-state index in [0.717, 1.165) is 16.9 Å². The van der Waals surface area contributed by atoms with E-state index in [1.54, 1.807) is 0 Å². The van der Waals surface area contributed by atoms with Gasteiger partial charge in [0.2, 0.25) is 0 Å². The van der Waals surface area contributed by atoms with Gasteiger partial charge in [-0.1, -0.05) is 45.0 Å². The largest absolute Gasteiger partial charge is 0.342 e. The Bertz CT molecular complexity index is 823. The lowest BCUT2D eigenvalue weighted by atomic mass is 9.86. The van der Waals surface area contributed by atoms with Crippen LogP contribution in [-0.4, -0.2) is 15.9 Å². The van der Waals surface area contributed by atoms with E-state index < -0.39 is 0 Å². The minimum atomic E-state index is -0.188. The van der Waals surface area contributed by atoms with Gasteiger partial charge in [0, 0.05) is 5.56 Å². The van der Waals surface area contributed by atoms with E-state index in [-0.39, 0.29) is 17.4 Å². The van der Waals surface area contributed by atoms with Crippen molar-refractivity contribution in [1.82, 2.24) is 15.3 Å². The normalized spacial score (nSPS) is 13.0. The van der Waals surface area contributed by atoms with Crippen molar-refractivity contribution < 1.29 is 4.79 Å². The molecule has 1 aromatic heterocycles. The smallest absolute Gasteiger partial charge is 0.251 e. The van der Waals surface area contributed by atoms with Crippen LogP contribution in [0.1, 0.15) is 55.5 Å². The van der Waals surface area contributed by atoms with Crippen LogP contribution in [0.4, 0.5) is 0 Å². The lowest BCUT2D eigenvalue weighted by Crippen LogP contribution is -2.27. The van der Waals surface area contributed by atoms with E-state index >= 15 is 0 Å². The van der Waals surface area contributed by atoms with Gasteiger partial charge >= 0.3 is 0 Å². The van der Waals surface area contributed by atoms with Crippen LogP contribution in [-0.2, 0) is 5.41 Å². The van der Waals surface area contributed by atoms with Crippen LogP contribution in [0.15, 0.2) is 48.5 Å². The molecular formula is C20H23N3O. The van der Waals surface area contributed by atoms with Crippen molar-refractivity contribution in [2.45, 2.75) is 39.2 Å². The van der Waals surface area contributed by atoms with Gasteiger partial charge in [-0.15, -0.1) is 0 Å². The van der Waals surface area contributed by atoms with Crippen molar-refractivity contribution in [1.29, 1.82) is 0 Å². The minimum Gasteiger partial charge on any atom is -0.342 e. The molecule has 0 aliphatic rings. The van der Waals surface area contributed by atoms with Gasteiger partial charge in [0.05, 0.1) is 17.1 Å². The monoisotopic (exact) mass is 321 g/mol. The number of benzene rings is 2. The molecule has 124 valence electrons. The number of hydrogen-bond donors (Lipinski definition) is 2. The number of hydrogen-bond acceptors (Lipinski definition) is 2. The van der Waals surface area contributed by atoms with E-state index in [2.05, 4.69) is 36.1 Å². The van der Waals surface area contributed by atoms with Crippen molar-refractivity contribution in [2.75, 3.05) is 0 Å². The highest BCUT2D eigenvalue weighted by molar-refractivity contribution is 5.94. The summed E-state index contributed by atoms with van der Waals surface area (Å²) in [6.45, 7) is 8.41. The lowest BCUT2D eigenvalue weighted by molar-refractivity contribution is 0.0938. The van der Waals surface area contributed by atoms with E-state index in [1.165, 1.54) is 5.56 Å². The fourth-order valence-corrected chi connectivity index (χ4v) is 2.65. The first-order valence-corrected chi connectivity index (χ1v) is 8.20. The maximum absolute atomic E-state index is 12.5. The zero-order valence-electron chi connectivity index (χ0n) is 14.6. The predicted octanol–water partition coefficient (Wildman–Crippen LogP) is 4.35. The van der Waals surface area contributed by atoms with Gasteiger partial charge in [0.1, 0.15) is 5.82 Å². The summed E-state index contributed by atoms with van der Waals surface area (Å²) in [5.74, 6) is 0.666. The average Bonchev–Trinajstić information content (AvgIpc) is 2.98. The van der Waals surface area contributed by atoms with Gasteiger partial charge < -0.3 is 10.3 Å². The summed E-state index contributed by atoms with van der Waals surface area (Å²) in [6, 6.07) is 15.4. The standard InChI is InChI=1S/C20H23N3O/c1-13(18-22-16-7-5-6-8-17(16)23-18)21-19(24)14-9-11-15(12-10-14)20(2,3)4/h5-13H,1-4H3,(H,21,24)(H,22,23). The number of carbonyl (C=O) groups excluding carboxylic acids is 1. The Morgan fingerprint density at radius 1 is 1.08 bits per heavy atom. The van der Waals surface area contributed by atoms with Crippen LogP contribution in [0.2, 0.25) is 0 Å². The van der Waals surface area contributed by atoms with Crippen LogP contribution in [0.3, 0.4) is 0 Å². The molecule has 0 saturated heterocycles. The van der Waals surface area contributed by atoms with Gasteiger partial charge in [0.25, 0.3) is 5.91 Å². The fourth-order valence-electron chi connectivity index (χ4n) is 2.65. The summed E-state index contributed by atoms with van der Waals surface area (Å²) in [4.78, 5) is 20.2. The topological polar surface area (TPSA) is 57.8 Å². The summed E-state index contributed by atoms with van der Waals surface area (Å²) in [5.41, 5.74) is 3.83. The molecule has 1 unspecified atom stereocenters. The van der Waals surface area contributed by atoms with Crippen molar-refractivity contribution >= 4 is 16.9 Å². The van der Waals surface area contributed by atoms with E-state index in [9.17, 15) is 4.79 Å². The summed E-state index contributed by atoms with van der Waals surface area (Å²) in [7, 11) is 0. The number of nitrogens with one attached hydrogen (secondary N) is 2. The molecule has 4 nitrogen and oxygen atoms in total. The Kier molecular flexibility index (Phi) is 4.14. The molecule has 3 aromatic rings. The summed E-state index contributed by atoms with van der Waals surface area (Å²) in [6.07, 6.45) is 0. The molecule has 1 heterocycles. The second kappa shape index (κ2) is 6.11. The molecule has 0 radical (unpaired) electrons. The zero-order chi connectivity index (χ0) is 17.3. The SMILES string of the molecule is CC(NC(=O)c1ccc(C(C)(C)C)cc1)c1nc2ccccc2[nH]1. The maximum atomic E-state index is 12.5. The Morgan fingerprint density at radius 3 is 2.38 bits per heavy atom. The first-order valence-electron chi connectivity index (χ1n) is 8.20. The number of H-pyrrole nitrogens is 1. The van der Waals surface area contributed by atoms with Crippen LogP contribution >= 0.6 is 0 Å². The van der Waals surface area contributed by atoms with E-state index in [1.807, 2.05) is 55.5 Å². The number of nitrogens with zero attached hydrogens (tertiary/aromatic N) is 1. The second-order valence-electron chi connectivity index (χ2n) is 7.16. The van der Waals surface area contributed by atoms with Crippen LogP contribution < -0.4 is 5.32 Å². The molecule has 0 fully saturated rings. The third kappa shape index (κ3) is 3.32. The number of amides is 1. The number of para-hydroxylation sites is 2.